The molecule has 1 N–H and O–H groups in total. The van der Waals surface area contributed by atoms with E-state index in [2.05, 4.69) is 10.3 Å². The quantitative estimate of drug-likeness (QED) is 0.807. The number of hydrogen-bond donors (Lipinski definition) is 1. The summed E-state index contributed by atoms with van der Waals surface area (Å²) in [6.07, 6.45) is 6.42. The molecule has 0 saturated heterocycles. The number of pyridine rings is 1. The van der Waals surface area contributed by atoms with Crippen molar-refractivity contribution in [2.45, 2.75) is 45.3 Å². The van der Waals surface area contributed by atoms with Crippen molar-refractivity contribution in [3.05, 3.63) is 52.9 Å². The zero-order valence-corrected chi connectivity index (χ0v) is 16.4. The third-order valence-electron chi connectivity index (χ3n) is 5.62. The van der Waals surface area contributed by atoms with Crippen molar-refractivity contribution in [1.29, 1.82) is 0 Å². The highest BCUT2D eigenvalue weighted by molar-refractivity contribution is 5.77. The van der Waals surface area contributed by atoms with Gasteiger partial charge in [-0.1, -0.05) is 6.92 Å². The Balaban J connectivity index is 1.78. The summed E-state index contributed by atoms with van der Waals surface area (Å²) in [5, 5.41) is 3.05. The molecule has 1 aliphatic carbocycles. The van der Waals surface area contributed by atoms with Crippen molar-refractivity contribution in [2.24, 2.45) is 0 Å². The summed E-state index contributed by atoms with van der Waals surface area (Å²) in [5.74, 6) is 1.37. The highest BCUT2D eigenvalue weighted by Crippen LogP contribution is 2.39. The van der Waals surface area contributed by atoms with E-state index in [4.69, 9.17) is 4.74 Å². The Morgan fingerprint density at radius 3 is 2.97 bits per heavy atom. The van der Waals surface area contributed by atoms with E-state index in [-0.39, 0.29) is 24.4 Å². The predicted octanol–water partition coefficient (Wildman–Crippen LogP) is 3.43. The van der Waals surface area contributed by atoms with Gasteiger partial charge in [0, 0.05) is 42.6 Å². The molecule has 1 aliphatic heterocycles. The largest absolute Gasteiger partial charge is 0.466 e. The first-order valence-corrected chi connectivity index (χ1v) is 9.74. The first kappa shape index (κ1) is 19.2. The van der Waals surface area contributed by atoms with Crippen molar-refractivity contribution in [2.75, 3.05) is 11.9 Å². The van der Waals surface area contributed by atoms with Gasteiger partial charge in [0.05, 0.1) is 11.7 Å². The number of anilines is 1. The van der Waals surface area contributed by atoms with E-state index in [0.29, 0.717) is 17.7 Å². The third kappa shape index (κ3) is 3.38. The van der Waals surface area contributed by atoms with Gasteiger partial charge >= 0.3 is 0 Å². The van der Waals surface area contributed by atoms with E-state index in [9.17, 15) is 9.59 Å². The van der Waals surface area contributed by atoms with Gasteiger partial charge in [-0.25, -0.2) is 9.18 Å². The first-order valence-electron chi connectivity index (χ1n) is 9.74. The molecule has 0 radical (unpaired) electrons. The molecule has 0 spiro atoms. The number of hydrogen-bond acceptors (Lipinski definition) is 5. The van der Waals surface area contributed by atoms with Crippen LogP contribution in [-0.4, -0.2) is 23.9 Å². The molecular formula is C22H22FN3O3. The van der Waals surface area contributed by atoms with E-state index in [1.807, 2.05) is 6.92 Å². The molecular weight excluding hydrogens is 373 g/mol. The summed E-state index contributed by atoms with van der Waals surface area (Å²) in [4.78, 5) is 28.7. The molecule has 1 aromatic carbocycles. The van der Waals surface area contributed by atoms with Crippen LogP contribution in [0.5, 0.6) is 0 Å². The van der Waals surface area contributed by atoms with E-state index in [0.717, 1.165) is 41.5 Å². The van der Waals surface area contributed by atoms with Crippen molar-refractivity contribution >= 4 is 17.5 Å². The highest BCUT2D eigenvalue weighted by Gasteiger charge is 2.27. The van der Waals surface area contributed by atoms with Gasteiger partial charge in [-0.15, -0.1) is 0 Å². The van der Waals surface area contributed by atoms with Crippen molar-refractivity contribution in [3.8, 4) is 11.1 Å². The highest BCUT2D eigenvalue weighted by atomic mass is 19.1. The molecule has 2 aliphatic rings. The summed E-state index contributed by atoms with van der Waals surface area (Å²) in [6, 6.07) is 3.08. The lowest BCUT2D eigenvalue weighted by Gasteiger charge is -2.30. The number of halogens is 1. The Bertz CT molecular complexity index is 1030. The van der Waals surface area contributed by atoms with Gasteiger partial charge in [-0.2, -0.15) is 0 Å². The Labute approximate surface area is 168 Å². The second kappa shape index (κ2) is 7.68. The van der Waals surface area contributed by atoms with Gasteiger partial charge in [0.1, 0.15) is 12.4 Å². The van der Waals surface area contributed by atoms with Gasteiger partial charge in [0.2, 0.25) is 5.91 Å². The summed E-state index contributed by atoms with van der Waals surface area (Å²) in [6.45, 7) is 2.00. The molecule has 6 nitrogen and oxygen atoms in total. The maximum atomic E-state index is 15.1. The Kier molecular flexibility index (Phi) is 5.07. The third-order valence-corrected chi connectivity index (χ3v) is 5.62. The van der Waals surface area contributed by atoms with E-state index >= 15 is 4.39 Å². The topological polar surface area (TPSA) is 71.5 Å². The summed E-state index contributed by atoms with van der Waals surface area (Å²) >= 11 is 0. The molecule has 29 heavy (non-hydrogen) atoms. The second-order valence-electron chi connectivity index (χ2n) is 7.34. The number of amides is 1. The van der Waals surface area contributed by atoms with E-state index in [1.165, 1.54) is 11.0 Å². The maximum Gasteiger partial charge on any atom is 0.282 e. The van der Waals surface area contributed by atoms with Gasteiger partial charge in [0.25, 0.3) is 5.88 Å². The minimum Gasteiger partial charge on any atom is -0.466 e. The second-order valence-corrected chi connectivity index (χ2v) is 7.34. The van der Waals surface area contributed by atoms with Crippen molar-refractivity contribution < 1.29 is 18.7 Å². The number of carbonyl (C=O) groups is 1. The van der Waals surface area contributed by atoms with Crippen LogP contribution in [-0.2, 0) is 27.4 Å². The van der Waals surface area contributed by atoms with Gasteiger partial charge in [0.15, 0.2) is 5.94 Å². The van der Waals surface area contributed by atoms with Crippen molar-refractivity contribution in [1.82, 2.24) is 10.3 Å². The first-order chi connectivity index (χ1) is 14.0. The molecule has 150 valence electrons. The Morgan fingerprint density at radius 1 is 1.38 bits per heavy atom. The fraction of sp³-hybridized carbons (Fsp3) is 0.364. The zero-order valence-electron chi connectivity index (χ0n) is 16.4. The maximum absolute atomic E-state index is 15.1. The van der Waals surface area contributed by atoms with Crippen LogP contribution in [0.2, 0.25) is 0 Å². The average molecular weight is 395 g/mol. The van der Waals surface area contributed by atoms with Gasteiger partial charge in [-0.3, -0.25) is 9.78 Å². The minimum absolute atomic E-state index is 0.00700. The normalized spacial score (nSPS) is 17.7. The Hall–Kier alpha value is -3.18. The van der Waals surface area contributed by atoms with Crippen LogP contribution in [0.4, 0.5) is 10.1 Å². The lowest BCUT2D eigenvalue weighted by molar-refractivity contribution is -0.121. The SMILES string of the molecule is CCC(=O)NC1CCCc2c(-c3cc4c(cc3F)N(C)C(=C=O)OC4)cncc21. The molecule has 7 heteroatoms. The lowest BCUT2D eigenvalue weighted by Crippen LogP contribution is -2.30. The van der Waals surface area contributed by atoms with Crippen LogP contribution in [0.25, 0.3) is 11.1 Å². The minimum atomic E-state index is -0.391. The number of nitrogens with zero attached hydrogens (tertiary/aromatic N) is 2. The van der Waals surface area contributed by atoms with Crippen LogP contribution >= 0.6 is 0 Å². The van der Waals surface area contributed by atoms with Crippen LogP contribution in [0, 0.1) is 5.82 Å². The van der Waals surface area contributed by atoms with Gasteiger partial charge in [-0.05, 0) is 42.5 Å². The monoisotopic (exact) mass is 395 g/mol. The predicted molar refractivity (Wildman–Crippen MR) is 106 cm³/mol. The number of fused-ring (bicyclic) bond motifs is 2. The molecule has 1 aromatic heterocycles. The van der Waals surface area contributed by atoms with Crippen LogP contribution in [0.1, 0.15) is 48.9 Å². The molecule has 0 saturated carbocycles. The molecule has 0 bridgehead atoms. The number of rotatable bonds is 3. The summed E-state index contributed by atoms with van der Waals surface area (Å²) in [5.41, 5.74) is 4.52. The fourth-order valence-electron chi connectivity index (χ4n) is 4.09. The standard InChI is InChI=1S/C22H22FN3O3/c1-3-21(28)25-19-6-4-5-14-16(9-24-10-17(14)19)15-7-13-12-29-22(11-27)26(2)20(13)8-18(15)23/h7-10,19H,3-6,12H2,1-2H3,(H,25,28). The van der Waals surface area contributed by atoms with E-state index < -0.39 is 5.82 Å². The average Bonchev–Trinajstić information content (AvgIpc) is 2.74. The molecule has 2 heterocycles. The molecule has 0 fully saturated rings. The van der Waals surface area contributed by atoms with Gasteiger partial charge < -0.3 is 15.0 Å². The number of carbonyl (C=O) groups excluding carboxylic acids is 2. The fourth-order valence-corrected chi connectivity index (χ4v) is 4.09. The molecule has 4 rings (SSSR count). The van der Waals surface area contributed by atoms with Crippen LogP contribution in [0.15, 0.2) is 30.4 Å². The van der Waals surface area contributed by atoms with E-state index in [1.54, 1.807) is 31.4 Å². The van der Waals surface area contributed by atoms with Crippen LogP contribution < -0.4 is 10.2 Å². The number of ether oxygens (including phenoxy) is 1. The number of aromatic nitrogens is 1. The summed E-state index contributed by atoms with van der Waals surface area (Å²) < 4.78 is 20.5. The molecule has 2 aromatic rings. The summed E-state index contributed by atoms with van der Waals surface area (Å²) in [7, 11) is 1.64. The van der Waals surface area contributed by atoms with Crippen LogP contribution in [0.3, 0.4) is 0 Å². The lowest BCUT2D eigenvalue weighted by atomic mass is 9.84. The molecule has 1 atom stereocenters. The Morgan fingerprint density at radius 2 is 2.21 bits per heavy atom. The number of benzene rings is 1. The zero-order chi connectivity index (χ0) is 20.5. The molecule has 1 unspecified atom stereocenters. The smallest absolute Gasteiger partial charge is 0.282 e. The number of nitrogens with one attached hydrogen (secondary N) is 1. The van der Waals surface area contributed by atoms with Crippen molar-refractivity contribution in [3.63, 3.8) is 0 Å². The molecule has 1 amide bonds.